The van der Waals surface area contributed by atoms with E-state index in [0.717, 1.165) is 23.2 Å². The molecule has 6 heteroatoms. The molecule has 0 aliphatic heterocycles. The molecular weight excluding hydrogens is 268 g/mol. The van der Waals surface area contributed by atoms with Crippen LogP contribution in [0.5, 0.6) is 0 Å². The van der Waals surface area contributed by atoms with Gasteiger partial charge in [-0.05, 0) is 30.2 Å². The maximum Gasteiger partial charge on any atom is 0.277 e. The van der Waals surface area contributed by atoms with Crippen molar-refractivity contribution in [1.82, 2.24) is 15.4 Å². The number of aliphatic hydroxyl groups excluding tert-OH is 1. The third-order valence-electron chi connectivity index (χ3n) is 2.85. The summed E-state index contributed by atoms with van der Waals surface area (Å²) >= 11 is 0. The number of anilines is 1. The maximum absolute atomic E-state index is 11.9. The fourth-order valence-corrected chi connectivity index (χ4v) is 1.80. The molecule has 0 aliphatic carbocycles. The molecule has 3 N–H and O–H groups in total. The van der Waals surface area contributed by atoms with Crippen LogP contribution in [0.25, 0.3) is 0 Å². The van der Waals surface area contributed by atoms with E-state index < -0.39 is 0 Å². The first kappa shape index (κ1) is 14.8. The van der Waals surface area contributed by atoms with Crippen LogP contribution in [0.4, 0.5) is 5.69 Å². The molecule has 0 saturated heterocycles. The van der Waals surface area contributed by atoms with Crippen molar-refractivity contribution in [3.8, 4) is 11.8 Å². The first-order valence-corrected chi connectivity index (χ1v) is 6.64. The van der Waals surface area contributed by atoms with E-state index in [1.807, 2.05) is 25.1 Å². The summed E-state index contributed by atoms with van der Waals surface area (Å²) in [5.74, 6) is 5.55. The number of nitrogens with zero attached hydrogens (tertiary/aromatic N) is 2. The van der Waals surface area contributed by atoms with Crippen LogP contribution in [0.1, 0.15) is 35.0 Å². The van der Waals surface area contributed by atoms with E-state index >= 15 is 0 Å². The van der Waals surface area contributed by atoms with Crippen molar-refractivity contribution in [3.63, 3.8) is 0 Å². The Morgan fingerprint density at radius 2 is 2.33 bits per heavy atom. The average Bonchev–Trinajstić information content (AvgIpc) is 3.03. The van der Waals surface area contributed by atoms with Crippen LogP contribution < -0.4 is 5.32 Å². The van der Waals surface area contributed by atoms with Gasteiger partial charge in [-0.2, -0.15) is 15.4 Å². The third kappa shape index (κ3) is 3.91. The zero-order valence-electron chi connectivity index (χ0n) is 11.7. The molecule has 0 unspecified atom stereocenters. The Balaban J connectivity index is 2.17. The zero-order valence-corrected chi connectivity index (χ0v) is 11.7. The number of nitrogens with one attached hydrogen (secondary N) is 2. The van der Waals surface area contributed by atoms with Crippen molar-refractivity contribution in [2.75, 3.05) is 11.9 Å². The Kier molecular flexibility index (Phi) is 5.07. The minimum absolute atomic E-state index is 0.0550. The number of benzene rings is 1. The van der Waals surface area contributed by atoms with E-state index in [4.69, 9.17) is 5.11 Å². The highest BCUT2D eigenvalue weighted by atomic mass is 16.2. The van der Waals surface area contributed by atoms with Crippen molar-refractivity contribution >= 4 is 11.6 Å². The summed E-state index contributed by atoms with van der Waals surface area (Å²) < 4.78 is 0. The van der Waals surface area contributed by atoms with Gasteiger partial charge in [-0.25, -0.2) is 0 Å². The van der Waals surface area contributed by atoms with Gasteiger partial charge in [-0.15, -0.1) is 0 Å². The van der Waals surface area contributed by atoms with Crippen LogP contribution in [0.3, 0.4) is 0 Å². The molecule has 0 radical (unpaired) electrons. The van der Waals surface area contributed by atoms with Gasteiger partial charge in [0.1, 0.15) is 0 Å². The smallest absolute Gasteiger partial charge is 0.277 e. The Morgan fingerprint density at radius 1 is 1.48 bits per heavy atom. The lowest BCUT2D eigenvalue weighted by Crippen LogP contribution is -2.13. The Bertz CT molecular complexity index is 669. The van der Waals surface area contributed by atoms with Crippen molar-refractivity contribution < 1.29 is 9.90 Å². The van der Waals surface area contributed by atoms with Gasteiger partial charge in [0.15, 0.2) is 5.69 Å². The summed E-state index contributed by atoms with van der Waals surface area (Å²) in [7, 11) is 0. The van der Waals surface area contributed by atoms with E-state index in [2.05, 4.69) is 32.6 Å². The summed E-state index contributed by atoms with van der Waals surface area (Å²) in [5.41, 5.74) is 2.82. The number of hydrogen-bond acceptors (Lipinski definition) is 4. The number of H-pyrrole nitrogens is 1. The lowest BCUT2D eigenvalue weighted by atomic mass is 10.1. The van der Waals surface area contributed by atoms with Crippen LogP contribution in [-0.4, -0.2) is 33.0 Å². The number of aromatic amines is 1. The lowest BCUT2D eigenvalue weighted by molar-refractivity contribution is 0.102. The molecule has 2 aromatic rings. The lowest BCUT2D eigenvalue weighted by Gasteiger charge is -2.09. The van der Waals surface area contributed by atoms with Crippen molar-refractivity contribution in [3.05, 3.63) is 41.2 Å². The first-order chi connectivity index (χ1) is 10.2. The number of carbonyl (C=O) groups excluding carboxylic acids is 1. The maximum atomic E-state index is 11.9. The molecule has 0 atom stereocenters. The summed E-state index contributed by atoms with van der Waals surface area (Å²) in [6.07, 6.45) is 2.59. The average molecular weight is 284 g/mol. The van der Waals surface area contributed by atoms with Crippen LogP contribution in [0, 0.1) is 11.8 Å². The van der Waals surface area contributed by atoms with Crippen LogP contribution in [0.2, 0.25) is 0 Å². The minimum Gasteiger partial charge on any atom is -0.395 e. The number of aromatic nitrogens is 3. The highest BCUT2D eigenvalue weighted by molar-refractivity contribution is 6.03. The molecule has 108 valence electrons. The van der Waals surface area contributed by atoms with E-state index in [0.29, 0.717) is 6.42 Å². The first-order valence-electron chi connectivity index (χ1n) is 6.64. The fourth-order valence-electron chi connectivity index (χ4n) is 1.80. The van der Waals surface area contributed by atoms with E-state index in [9.17, 15) is 4.79 Å². The van der Waals surface area contributed by atoms with Gasteiger partial charge < -0.3 is 10.4 Å². The molecule has 0 aliphatic rings. The standard InChI is InChI=1S/C15H16N4O2/c1-2-12-9-11(5-3-4-8-20)6-7-13(12)17-15(21)14-10-16-19-18-14/h6-7,9-10,20H,2,4,8H2,1H3,(H,17,21)(H,16,18,19). The highest BCUT2D eigenvalue weighted by Crippen LogP contribution is 2.18. The molecule has 0 fully saturated rings. The Labute approximate surface area is 122 Å². The van der Waals surface area contributed by atoms with Crippen molar-refractivity contribution in [2.24, 2.45) is 0 Å². The molecule has 0 saturated carbocycles. The van der Waals surface area contributed by atoms with Crippen LogP contribution in [0.15, 0.2) is 24.4 Å². The van der Waals surface area contributed by atoms with Gasteiger partial charge in [0.2, 0.25) is 0 Å². The zero-order chi connectivity index (χ0) is 15.1. The number of rotatable bonds is 4. The molecule has 1 amide bonds. The topological polar surface area (TPSA) is 90.9 Å². The predicted octanol–water partition coefficient (Wildman–Crippen LogP) is 1.35. The Morgan fingerprint density at radius 3 is 3.00 bits per heavy atom. The monoisotopic (exact) mass is 284 g/mol. The van der Waals surface area contributed by atoms with Gasteiger partial charge in [-0.3, -0.25) is 4.79 Å². The quantitative estimate of drug-likeness (QED) is 0.739. The summed E-state index contributed by atoms with van der Waals surface area (Å²) in [6.45, 7) is 2.06. The molecule has 6 nitrogen and oxygen atoms in total. The Hall–Kier alpha value is -2.65. The summed E-state index contributed by atoms with van der Waals surface area (Å²) in [6, 6.07) is 5.59. The number of carbonyl (C=O) groups is 1. The van der Waals surface area contributed by atoms with E-state index in [1.165, 1.54) is 6.20 Å². The second-order valence-corrected chi connectivity index (χ2v) is 4.31. The molecule has 0 bridgehead atoms. The highest BCUT2D eigenvalue weighted by Gasteiger charge is 2.11. The number of aryl methyl sites for hydroxylation is 1. The fraction of sp³-hybridized carbons (Fsp3) is 0.267. The van der Waals surface area contributed by atoms with Crippen LogP contribution in [-0.2, 0) is 6.42 Å². The SMILES string of the molecule is CCc1cc(C#CCCO)ccc1NC(=O)c1cn[nH]n1. The van der Waals surface area contributed by atoms with E-state index in [-0.39, 0.29) is 18.2 Å². The summed E-state index contributed by atoms with van der Waals surface area (Å²) in [4.78, 5) is 11.9. The molecule has 21 heavy (non-hydrogen) atoms. The molecule has 1 heterocycles. The molecule has 1 aromatic carbocycles. The van der Waals surface area contributed by atoms with Gasteiger partial charge in [0.05, 0.1) is 12.8 Å². The van der Waals surface area contributed by atoms with Gasteiger partial charge in [-0.1, -0.05) is 18.8 Å². The molecular formula is C15H16N4O2. The van der Waals surface area contributed by atoms with Gasteiger partial charge in [0, 0.05) is 17.7 Å². The molecule has 0 spiro atoms. The van der Waals surface area contributed by atoms with Crippen molar-refractivity contribution in [2.45, 2.75) is 19.8 Å². The van der Waals surface area contributed by atoms with Crippen molar-refractivity contribution in [1.29, 1.82) is 0 Å². The predicted molar refractivity (Wildman–Crippen MR) is 78.7 cm³/mol. The molecule has 1 aromatic heterocycles. The number of amides is 1. The van der Waals surface area contributed by atoms with Crippen LogP contribution >= 0.6 is 0 Å². The van der Waals surface area contributed by atoms with Gasteiger partial charge >= 0.3 is 0 Å². The molecule has 2 rings (SSSR count). The largest absolute Gasteiger partial charge is 0.395 e. The summed E-state index contributed by atoms with van der Waals surface area (Å²) in [5, 5.41) is 21.3. The second-order valence-electron chi connectivity index (χ2n) is 4.31. The normalized spacial score (nSPS) is 9.81. The number of aliphatic hydroxyl groups is 1. The second kappa shape index (κ2) is 7.22. The van der Waals surface area contributed by atoms with E-state index in [1.54, 1.807) is 0 Å². The van der Waals surface area contributed by atoms with Gasteiger partial charge in [0.25, 0.3) is 5.91 Å². The minimum atomic E-state index is -0.308. The number of hydrogen-bond donors (Lipinski definition) is 3. The third-order valence-corrected chi connectivity index (χ3v) is 2.85.